The van der Waals surface area contributed by atoms with E-state index in [0.717, 1.165) is 0 Å². The molecule has 0 heterocycles. The van der Waals surface area contributed by atoms with Crippen molar-refractivity contribution in [2.45, 2.75) is 47.6 Å². The maximum absolute atomic E-state index is 11.4. The van der Waals surface area contributed by atoms with Crippen LogP contribution in [0.25, 0.3) is 0 Å². The van der Waals surface area contributed by atoms with Crippen molar-refractivity contribution in [2.24, 2.45) is 0 Å². The number of hydrogen-bond acceptors (Lipinski definition) is 18. The van der Waals surface area contributed by atoms with E-state index >= 15 is 0 Å². The molecule has 23 heteroatoms. The highest BCUT2D eigenvalue weighted by molar-refractivity contribution is 5.78. The molecule has 0 aliphatic heterocycles. The number of carbonyl (C=O) groups is 5. The average Bonchev–Trinajstić information content (AvgIpc) is 3.23. The third-order valence-electron chi connectivity index (χ3n) is 7.25. The highest BCUT2D eigenvalue weighted by Gasteiger charge is 2.16. The van der Waals surface area contributed by atoms with Gasteiger partial charge in [-0.25, -0.2) is 0 Å². The Hall–Kier alpha value is -3.17. The molecule has 0 bridgehead atoms. The van der Waals surface area contributed by atoms with Gasteiger partial charge in [0.25, 0.3) is 0 Å². The Morgan fingerprint density at radius 3 is 1.25 bits per heavy atom. The molecule has 1 atom stereocenters. The van der Waals surface area contributed by atoms with Crippen LogP contribution in [0, 0.1) is 0 Å². The maximum Gasteiger partial charge on any atom is 0.250 e. The van der Waals surface area contributed by atoms with Crippen molar-refractivity contribution in [3.8, 4) is 0 Å². The van der Waals surface area contributed by atoms with Crippen LogP contribution in [0.5, 0.6) is 0 Å². The highest BCUT2D eigenvalue weighted by Crippen LogP contribution is 1.96. The molecule has 60 heavy (non-hydrogen) atoms. The Balaban J connectivity index is -0.000000211. The first kappa shape index (κ1) is 65.9. The van der Waals surface area contributed by atoms with E-state index in [1.807, 2.05) is 34.6 Å². The summed E-state index contributed by atoms with van der Waals surface area (Å²) in [5.41, 5.74) is 0. The van der Waals surface area contributed by atoms with Gasteiger partial charge >= 0.3 is 0 Å². The van der Waals surface area contributed by atoms with E-state index in [-0.39, 0.29) is 103 Å². The number of nitrogens with zero attached hydrogens (tertiary/aromatic N) is 5. The molecule has 0 saturated heterocycles. The monoisotopic (exact) mass is 881 g/mol. The predicted molar refractivity (Wildman–Crippen MR) is 221 cm³/mol. The number of likely N-dealkylation sites (N-methyl/N-ethyl adjacent to an activating group) is 5. The first-order valence-corrected chi connectivity index (χ1v) is 19.5. The fourth-order valence-corrected chi connectivity index (χ4v) is 4.03. The molecule has 0 aliphatic carbocycles. The Bertz CT molecular complexity index is 972. The van der Waals surface area contributed by atoms with Crippen molar-refractivity contribution in [2.75, 3.05) is 168 Å². The number of carbonyl (C=O) groups excluding carboxylic acids is 5. The van der Waals surface area contributed by atoms with Crippen LogP contribution in [0.3, 0.4) is 0 Å². The second kappa shape index (κ2) is 50.2. The molecular weight excluding hydrogens is 800 g/mol. The van der Waals surface area contributed by atoms with Gasteiger partial charge in [-0.3, -0.25) is 29.3 Å². The summed E-state index contributed by atoms with van der Waals surface area (Å²) in [6.07, 6.45) is -0.634. The van der Waals surface area contributed by atoms with E-state index in [4.69, 9.17) is 29.9 Å². The van der Waals surface area contributed by atoms with E-state index in [2.05, 4.69) is 29.0 Å². The standard InChI is InChI=1S/C10H21NO4.C7H16N2O3.C7H15NO4.C7H15NO3.C6H13NO3/c1-4-11(10(13)8-14-3)6-9(12)7-15-5-2;1-3-9(5-8-6-10)7(11)4-12-2;1-3-8(5-12-6-9)7(10)4-11-2;1-3-8(4-5-9)7(10)6-11-2;1-3-7(5-8)6(9)4-10-2/h9,12H,4-8H2,1-3H3;8,10H,3-6H2,1-2H3;9H,3-6H2,1-2H3;9H,3-6H2,1-2H3;8H,3-5H2,1-2H3. The zero-order valence-electron chi connectivity index (χ0n) is 38.1. The Kier molecular flexibility index (Phi) is 55.2. The largest absolute Gasteiger partial charge is 0.395 e. The zero-order valence-corrected chi connectivity index (χ0v) is 38.1. The van der Waals surface area contributed by atoms with Crippen LogP contribution in [0.4, 0.5) is 0 Å². The van der Waals surface area contributed by atoms with Crippen LogP contribution in [-0.2, 0) is 57.1 Å². The van der Waals surface area contributed by atoms with E-state index < -0.39 is 6.10 Å². The number of ether oxygens (including phenoxy) is 7. The minimum atomic E-state index is -0.634. The third-order valence-corrected chi connectivity index (χ3v) is 7.25. The van der Waals surface area contributed by atoms with Crippen LogP contribution in [0.15, 0.2) is 0 Å². The summed E-state index contributed by atoms with van der Waals surface area (Å²) in [7, 11) is 7.33. The lowest BCUT2D eigenvalue weighted by Crippen LogP contribution is -2.40. The van der Waals surface area contributed by atoms with Gasteiger partial charge in [-0.1, -0.05) is 0 Å². The van der Waals surface area contributed by atoms with Gasteiger partial charge in [0.05, 0.1) is 32.7 Å². The van der Waals surface area contributed by atoms with E-state index in [1.54, 1.807) is 21.6 Å². The molecule has 6 N–H and O–H groups in total. The van der Waals surface area contributed by atoms with Crippen LogP contribution in [0.2, 0.25) is 0 Å². The van der Waals surface area contributed by atoms with Gasteiger partial charge in [0.1, 0.15) is 53.3 Å². The van der Waals surface area contributed by atoms with Gasteiger partial charge in [0.2, 0.25) is 29.5 Å². The van der Waals surface area contributed by atoms with Crippen molar-refractivity contribution in [1.29, 1.82) is 0 Å². The van der Waals surface area contributed by atoms with Crippen LogP contribution in [-0.4, -0.2) is 254 Å². The second-order valence-corrected chi connectivity index (χ2v) is 11.5. The van der Waals surface area contributed by atoms with Crippen LogP contribution < -0.4 is 5.32 Å². The predicted octanol–water partition coefficient (Wildman–Crippen LogP) is -2.83. The normalized spacial score (nSPS) is 10.5. The molecule has 0 aromatic carbocycles. The number of aliphatic hydroxyl groups excluding tert-OH is 5. The lowest BCUT2D eigenvalue weighted by atomic mass is 10.3. The SMILES string of the molecule is CCN(CCO)C(=O)COC.CCN(CNCO)C(=O)COC.CCN(CO)C(=O)COC.CCN(COCO)C(=O)COC.CCOCC(O)CN(CC)C(=O)COC. The lowest BCUT2D eigenvalue weighted by Gasteiger charge is -2.23. The summed E-state index contributed by atoms with van der Waals surface area (Å²) in [5, 5.41) is 46.1. The van der Waals surface area contributed by atoms with Crippen LogP contribution >= 0.6 is 0 Å². The molecule has 0 aliphatic rings. The van der Waals surface area contributed by atoms with Crippen molar-refractivity contribution >= 4 is 29.5 Å². The van der Waals surface area contributed by atoms with Crippen molar-refractivity contribution < 1.29 is 82.7 Å². The summed E-state index contributed by atoms with van der Waals surface area (Å²) in [5.74, 6) is -0.610. The molecule has 1 unspecified atom stereocenters. The Morgan fingerprint density at radius 2 is 0.917 bits per heavy atom. The van der Waals surface area contributed by atoms with Gasteiger partial charge in [0, 0.05) is 88.0 Å². The van der Waals surface area contributed by atoms with E-state index in [1.165, 1.54) is 45.3 Å². The van der Waals surface area contributed by atoms with Gasteiger partial charge in [0.15, 0.2) is 0 Å². The molecule has 5 amide bonds. The highest BCUT2D eigenvalue weighted by atomic mass is 16.6. The molecule has 0 spiro atoms. The molecule has 0 rings (SSSR count). The number of methoxy groups -OCH3 is 5. The number of aliphatic hydroxyl groups is 5. The number of hydrogen-bond donors (Lipinski definition) is 6. The number of rotatable bonds is 29. The second-order valence-electron chi connectivity index (χ2n) is 11.5. The Labute approximate surface area is 357 Å². The fraction of sp³-hybridized carbons (Fsp3) is 0.865. The molecule has 0 fully saturated rings. The van der Waals surface area contributed by atoms with Gasteiger partial charge in [-0.15, -0.1) is 0 Å². The molecule has 23 nitrogen and oxygen atoms in total. The first-order chi connectivity index (χ1) is 28.7. The fourth-order valence-electron chi connectivity index (χ4n) is 4.03. The molecule has 360 valence electrons. The summed E-state index contributed by atoms with van der Waals surface area (Å²) in [6.45, 7) is 15.4. The Morgan fingerprint density at radius 1 is 0.533 bits per heavy atom. The van der Waals surface area contributed by atoms with Gasteiger partial charge < -0.3 is 83.2 Å². The van der Waals surface area contributed by atoms with E-state index in [9.17, 15) is 29.1 Å². The topological polar surface area (TPSA) is 279 Å². The van der Waals surface area contributed by atoms with Crippen LogP contribution in [0.1, 0.15) is 41.5 Å². The average molecular weight is 881 g/mol. The van der Waals surface area contributed by atoms with Crippen molar-refractivity contribution in [3.63, 3.8) is 0 Å². The summed E-state index contributed by atoms with van der Waals surface area (Å²) >= 11 is 0. The lowest BCUT2D eigenvalue weighted by molar-refractivity contribution is -0.144. The van der Waals surface area contributed by atoms with E-state index in [0.29, 0.717) is 59.1 Å². The van der Waals surface area contributed by atoms with Crippen molar-refractivity contribution in [3.05, 3.63) is 0 Å². The summed E-state index contributed by atoms with van der Waals surface area (Å²) < 4.78 is 33.1. The summed E-state index contributed by atoms with van der Waals surface area (Å²) in [4.78, 5) is 63.0. The minimum Gasteiger partial charge on any atom is -0.395 e. The van der Waals surface area contributed by atoms with Crippen molar-refractivity contribution in [1.82, 2.24) is 29.8 Å². The number of amides is 5. The van der Waals surface area contributed by atoms with Gasteiger partial charge in [-0.2, -0.15) is 0 Å². The molecule has 0 saturated carbocycles. The first-order valence-electron chi connectivity index (χ1n) is 19.5. The summed E-state index contributed by atoms with van der Waals surface area (Å²) in [6, 6.07) is 0. The molecule has 0 radical (unpaired) electrons. The van der Waals surface area contributed by atoms with Gasteiger partial charge in [-0.05, 0) is 41.5 Å². The maximum atomic E-state index is 11.4. The smallest absolute Gasteiger partial charge is 0.250 e. The number of nitrogens with one attached hydrogen (secondary N) is 1. The molecule has 0 aromatic rings. The minimum absolute atomic E-state index is 0.00327. The molecular formula is C37H80N6O17. The zero-order chi connectivity index (χ0) is 47.1. The third kappa shape index (κ3) is 40.2. The molecule has 0 aromatic heterocycles. The quantitative estimate of drug-likeness (QED) is 0.0413.